The van der Waals surface area contributed by atoms with Crippen molar-refractivity contribution in [1.82, 2.24) is 34.3 Å². The van der Waals surface area contributed by atoms with Crippen molar-refractivity contribution in [3.05, 3.63) is 69.8 Å². The summed E-state index contributed by atoms with van der Waals surface area (Å²) in [6.45, 7) is 7.00. The number of rotatable bonds is 6. The van der Waals surface area contributed by atoms with E-state index >= 15 is 0 Å². The normalized spacial score (nSPS) is 15.1. The molecule has 0 atom stereocenters. The van der Waals surface area contributed by atoms with E-state index in [0.29, 0.717) is 34.7 Å². The van der Waals surface area contributed by atoms with Crippen molar-refractivity contribution >= 4 is 23.8 Å². The van der Waals surface area contributed by atoms with Crippen LogP contribution in [-0.4, -0.2) is 60.5 Å². The van der Waals surface area contributed by atoms with Crippen molar-refractivity contribution in [2.45, 2.75) is 20.1 Å². The molecule has 0 N–H and O–H groups in total. The van der Waals surface area contributed by atoms with Crippen LogP contribution in [0.25, 0.3) is 22.8 Å². The van der Waals surface area contributed by atoms with Crippen molar-refractivity contribution in [2.24, 2.45) is 7.05 Å². The van der Waals surface area contributed by atoms with Gasteiger partial charge in [-0.2, -0.15) is 10.1 Å². The molecule has 2 aromatic heterocycles. The Balaban J connectivity index is 1.19. The molecule has 1 fully saturated rings. The molecule has 5 rings (SSSR count). The summed E-state index contributed by atoms with van der Waals surface area (Å²) in [5, 5.41) is 9.65. The molecule has 1 aliphatic heterocycles. The molecule has 2 aromatic carbocycles. The number of piperazine rings is 1. The molecule has 0 bridgehead atoms. The molecule has 1 saturated heterocycles. The van der Waals surface area contributed by atoms with Gasteiger partial charge in [-0.1, -0.05) is 41.0 Å². The second kappa shape index (κ2) is 9.79. The predicted octanol–water partition coefficient (Wildman–Crippen LogP) is 4.41. The number of hydrogen-bond donors (Lipinski definition) is 0. The van der Waals surface area contributed by atoms with E-state index in [2.05, 4.69) is 32.9 Å². The van der Waals surface area contributed by atoms with Crippen molar-refractivity contribution in [1.29, 1.82) is 0 Å². The third-order valence-corrected chi connectivity index (χ3v) is 6.89. The van der Waals surface area contributed by atoms with Gasteiger partial charge in [0.1, 0.15) is 0 Å². The van der Waals surface area contributed by atoms with Crippen LogP contribution in [0.5, 0.6) is 0 Å². The molecule has 3 heterocycles. The zero-order valence-corrected chi connectivity index (χ0v) is 20.8. The Labute approximate surface area is 208 Å². The minimum atomic E-state index is 0.645. The topological polar surface area (TPSA) is 68.2 Å². The fourth-order valence-corrected chi connectivity index (χ4v) is 4.46. The molecule has 176 valence electrons. The van der Waals surface area contributed by atoms with E-state index in [1.54, 1.807) is 0 Å². The fraction of sp³-hybridized carbons (Fsp3) is 0.333. The Morgan fingerprint density at radius 2 is 1.71 bits per heavy atom. The summed E-state index contributed by atoms with van der Waals surface area (Å²) in [6.07, 6.45) is 0. The quantitative estimate of drug-likeness (QED) is 0.367. The summed E-state index contributed by atoms with van der Waals surface area (Å²) >= 11 is 11.7. The molecule has 0 spiro atoms. The number of halogens is 1. The van der Waals surface area contributed by atoms with Crippen LogP contribution in [0.2, 0.25) is 5.02 Å². The Bertz CT molecular complexity index is 1340. The van der Waals surface area contributed by atoms with E-state index in [1.807, 2.05) is 58.8 Å². The summed E-state index contributed by atoms with van der Waals surface area (Å²) in [4.78, 5) is 9.30. The highest BCUT2D eigenvalue weighted by molar-refractivity contribution is 7.71. The third-order valence-electron chi connectivity index (χ3n) is 6.16. The van der Waals surface area contributed by atoms with Gasteiger partial charge in [0.05, 0.1) is 13.2 Å². The summed E-state index contributed by atoms with van der Waals surface area (Å²) in [5.74, 6) is 2.13. The molecule has 34 heavy (non-hydrogen) atoms. The highest BCUT2D eigenvalue weighted by Crippen LogP contribution is 2.22. The van der Waals surface area contributed by atoms with Crippen LogP contribution in [0.15, 0.2) is 53.1 Å². The van der Waals surface area contributed by atoms with Gasteiger partial charge in [0, 0.05) is 49.4 Å². The van der Waals surface area contributed by atoms with E-state index in [9.17, 15) is 0 Å². The molecule has 10 heteroatoms. The van der Waals surface area contributed by atoms with Gasteiger partial charge in [-0.05, 0) is 49.0 Å². The zero-order chi connectivity index (χ0) is 23.7. The molecule has 0 radical (unpaired) electrons. The lowest BCUT2D eigenvalue weighted by Gasteiger charge is -2.33. The maximum Gasteiger partial charge on any atom is 0.241 e. The maximum atomic E-state index is 6.03. The van der Waals surface area contributed by atoms with Crippen LogP contribution >= 0.6 is 23.8 Å². The van der Waals surface area contributed by atoms with Gasteiger partial charge < -0.3 is 9.09 Å². The van der Waals surface area contributed by atoms with Gasteiger partial charge in [-0.25, -0.2) is 4.68 Å². The Hall–Kier alpha value is -2.85. The van der Waals surface area contributed by atoms with Crippen LogP contribution in [0.4, 0.5) is 0 Å². The Morgan fingerprint density at radius 1 is 1.00 bits per heavy atom. The van der Waals surface area contributed by atoms with Crippen molar-refractivity contribution < 1.29 is 4.52 Å². The van der Waals surface area contributed by atoms with Gasteiger partial charge in [-0.3, -0.25) is 9.80 Å². The average Bonchev–Trinajstić information content (AvgIpc) is 3.41. The zero-order valence-electron chi connectivity index (χ0n) is 19.2. The first kappa shape index (κ1) is 22.9. The van der Waals surface area contributed by atoms with Gasteiger partial charge in [-0.15, -0.1) is 0 Å². The highest BCUT2D eigenvalue weighted by atomic mass is 35.5. The molecular formula is C24H26ClN7OS. The van der Waals surface area contributed by atoms with Crippen LogP contribution in [0.3, 0.4) is 0 Å². The fourth-order valence-electron chi connectivity index (χ4n) is 4.15. The number of aromatic nitrogens is 5. The van der Waals surface area contributed by atoms with Crippen molar-refractivity contribution in [3.63, 3.8) is 0 Å². The Kier molecular flexibility index (Phi) is 6.60. The first-order chi connectivity index (χ1) is 16.5. The lowest BCUT2D eigenvalue weighted by atomic mass is 10.1. The molecular weight excluding hydrogens is 470 g/mol. The van der Waals surface area contributed by atoms with Crippen LogP contribution < -0.4 is 0 Å². The average molecular weight is 496 g/mol. The molecule has 0 saturated carbocycles. The first-order valence-electron chi connectivity index (χ1n) is 11.2. The van der Waals surface area contributed by atoms with E-state index < -0.39 is 0 Å². The number of nitrogens with zero attached hydrogens (tertiary/aromatic N) is 7. The minimum absolute atomic E-state index is 0.645. The lowest BCUT2D eigenvalue weighted by Crippen LogP contribution is -2.46. The van der Waals surface area contributed by atoms with Crippen LogP contribution in [0.1, 0.15) is 11.5 Å². The number of aryl methyl sites for hydroxylation is 1. The van der Waals surface area contributed by atoms with Crippen molar-refractivity contribution in [2.75, 3.05) is 26.2 Å². The molecule has 0 unspecified atom stereocenters. The molecule has 0 amide bonds. The standard InChI is InChI=1S/C24H26ClN7OS/c1-17-5-3-4-6-20(17)22-26-21(33-28-22)15-30-11-13-31(14-12-30)16-32-24(34)29(2)23(27-32)18-7-9-19(25)10-8-18/h3-10H,11-16H2,1-2H3. The van der Waals surface area contributed by atoms with E-state index in [-0.39, 0.29) is 0 Å². The van der Waals surface area contributed by atoms with Crippen molar-refractivity contribution in [3.8, 4) is 22.8 Å². The highest BCUT2D eigenvalue weighted by Gasteiger charge is 2.21. The van der Waals surface area contributed by atoms with Crippen LogP contribution in [-0.2, 0) is 20.3 Å². The molecule has 0 aliphatic carbocycles. The second-order valence-corrected chi connectivity index (χ2v) is 9.34. The Morgan fingerprint density at radius 3 is 2.44 bits per heavy atom. The first-order valence-corrected chi connectivity index (χ1v) is 12.0. The lowest BCUT2D eigenvalue weighted by molar-refractivity contribution is 0.0908. The second-order valence-electron chi connectivity index (χ2n) is 8.53. The smallest absolute Gasteiger partial charge is 0.241 e. The van der Waals surface area contributed by atoms with E-state index in [0.717, 1.165) is 48.7 Å². The summed E-state index contributed by atoms with van der Waals surface area (Å²) in [7, 11) is 1.95. The molecule has 1 aliphatic rings. The minimum Gasteiger partial charge on any atom is -0.338 e. The third kappa shape index (κ3) is 4.83. The van der Waals surface area contributed by atoms with Gasteiger partial charge in [0.25, 0.3) is 0 Å². The van der Waals surface area contributed by atoms with E-state index in [1.165, 1.54) is 0 Å². The van der Waals surface area contributed by atoms with Crippen LogP contribution in [0, 0.1) is 11.7 Å². The summed E-state index contributed by atoms with van der Waals surface area (Å²) in [5.41, 5.74) is 3.13. The number of hydrogen-bond acceptors (Lipinski definition) is 7. The number of benzene rings is 2. The maximum absolute atomic E-state index is 6.03. The SMILES string of the molecule is Cc1ccccc1-c1noc(CN2CCN(Cn3nc(-c4ccc(Cl)cc4)n(C)c3=S)CC2)n1. The summed E-state index contributed by atoms with van der Waals surface area (Å²) < 4.78 is 10.1. The monoisotopic (exact) mass is 495 g/mol. The van der Waals surface area contributed by atoms with Gasteiger partial charge >= 0.3 is 0 Å². The largest absolute Gasteiger partial charge is 0.338 e. The summed E-state index contributed by atoms with van der Waals surface area (Å²) in [6, 6.07) is 15.7. The van der Waals surface area contributed by atoms with Gasteiger partial charge in [0.15, 0.2) is 10.6 Å². The van der Waals surface area contributed by atoms with E-state index in [4.69, 9.17) is 33.4 Å². The molecule has 4 aromatic rings. The molecule has 8 nitrogen and oxygen atoms in total. The van der Waals surface area contributed by atoms with Gasteiger partial charge in [0.2, 0.25) is 11.7 Å². The predicted molar refractivity (Wildman–Crippen MR) is 134 cm³/mol.